The van der Waals surface area contributed by atoms with Crippen molar-refractivity contribution in [3.63, 3.8) is 0 Å². The maximum Gasteiger partial charge on any atom is 0.167 e. The molecular weight excluding hydrogens is 250 g/mol. The Bertz CT molecular complexity index is 628. The first kappa shape index (κ1) is 12.4. The van der Waals surface area contributed by atoms with Gasteiger partial charge in [-0.2, -0.15) is 0 Å². The van der Waals surface area contributed by atoms with Crippen molar-refractivity contribution >= 4 is 11.0 Å². The average Bonchev–Trinajstić information content (AvgIpc) is 3.01. The lowest BCUT2D eigenvalue weighted by Crippen LogP contribution is -2.34. The Morgan fingerprint density at radius 2 is 2.00 bits per heavy atom. The van der Waals surface area contributed by atoms with Crippen molar-refractivity contribution in [2.24, 2.45) is 5.92 Å². The van der Waals surface area contributed by atoms with Crippen LogP contribution in [0.15, 0.2) is 16.7 Å². The number of hydrogen-bond donors (Lipinski definition) is 1. The zero-order valence-electron chi connectivity index (χ0n) is 12.0. The lowest BCUT2D eigenvalue weighted by Gasteiger charge is -2.27. The molecule has 4 nitrogen and oxygen atoms in total. The van der Waals surface area contributed by atoms with Gasteiger partial charge >= 0.3 is 0 Å². The molecule has 2 aromatic rings. The van der Waals surface area contributed by atoms with Crippen molar-refractivity contribution < 1.29 is 4.52 Å². The largest absolute Gasteiger partial charge is 0.356 e. The summed E-state index contributed by atoms with van der Waals surface area (Å²) >= 11 is 0. The highest BCUT2D eigenvalue weighted by atomic mass is 16.5. The van der Waals surface area contributed by atoms with Gasteiger partial charge in [-0.15, -0.1) is 0 Å². The molecule has 0 spiro atoms. The predicted molar refractivity (Wildman–Crippen MR) is 78.5 cm³/mol. The SMILES string of the molecule is Cc1noc2cc3c(cc12)CN(CC1CCNCC1)C3. The van der Waals surface area contributed by atoms with Crippen LogP contribution in [0, 0.1) is 12.8 Å². The maximum atomic E-state index is 5.38. The summed E-state index contributed by atoms with van der Waals surface area (Å²) in [6, 6.07) is 4.46. The Hall–Kier alpha value is -1.39. The molecule has 1 fully saturated rings. The first-order valence-electron chi connectivity index (χ1n) is 7.60. The van der Waals surface area contributed by atoms with Crippen LogP contribution in [0.25, 0.3) is 11.0 Å². The summed E-state index contributed by atoms with van der Waals surface area (Å²) in [5, 5.41) is 8.67. The third-order valence-corrected chi connectivity index (χ3v) is 4.74. The lowest BCUT2D eigenvalue weighted by molar-refractivity contribution is 0.208. The van der Waals surface area contributed by atoms with E-state index in [0.29, 0.717) is 0 Å². The molecule has 0 atom stereocenters. The fraction of sp³-hybridized carbons (Fsp3) is 0.562. The summed E-state index contributed by atoms with van der Waals surface area (Å²) in [7, 11) is 0. The molecule has 0 saturated carbocycles. The Balaban J connectivity index is 1.52. The fourth-order valence-corrected chi connectivity index (χ4v) is 3.58. The van der Waals surface area contributed by atoms with Crippen LogP contribution in [-0.2, 0) is 13.1 Å². The molecule has 4 heteroatoms. The van der Waals surface area contributed by atoms with Gasteiger partial charge in [0.15, 0.2) is 5.58 Å². The van der Waals surface area contributed by atoms with E-state index in [1.165, 1.54) is 49.0 Å². The summed E-state index contributed by atoms with van der Waals surface area (Å²) in [5.41, 5.74) is 4.81. The van der Waals surface area contributed by atoms with Crippen molar-refractivity contribution in [2.45, 2.75) is 32.9 Å². The molecule has 0 amide bonds. The topological polar surface area (TPSA) is 41.3 Å². The molecule has 2 aliphatic rings. The van der Waals surface area contributed by atoms with E-state index in [2.05, 4.69) is 27.5 Å². The molecule has 1 N–H and O–H groups in total. The number of hydrogen-bond acceptors (Lipinski definition) is 4. The number of benzene rings is 1. The summed E-state index contributed by atoms with van der Waals surface area (Å²) < 4.78 is 5.38. The molecule has 1 saturated heterocycles. The second kappa shape index (κ2) is 4.86. The Morgan fingerprint density at radius 3 is 2.80 bits per heavy atom. The van der Waals surface area contributed by atoms with Crippen molar-refractivity contribution in [1.82, 2.24) is 15.4 Å². The molecule has 20 heavy (non-hydrogen) atoms. The number of nitrogens with zero attached hydrogens (tertiary/aromatic N) is 2. The van der Waals surface area contributed by atoms with E-state index in [1.807, 2.05) is 6.92 Å². The summed E-state index contributed by atoms with van der Waals surface area (Å²) in [5.74, 6) is 0.858. The van der Waals surface area contributed by atoms with Crippen molar-refractivity contribution in [3.05, 3.63) is 29.0 Å². The minimum absolute atomic E-state index is 0.858. The third-order valence-electron chi connectivity index (χ3n) is 4.74. The molecule has 3 heterocycles. The van der Waals surface area contributed by atoms with Gasteiger partial charge in [-0.1, -0.05) is 5.16 Å². The van der Waals surface area contributed by atoms with Gasteiger partial charge in [-0.05, 0) is 62.0 Å². The highest BCUT2D eigenvalue weighted by molar-refractivity contribution is 5.81. The smallest absolute Gasteiger partial charge is 0.167 e. The zero-order chi connectivity index (χ0) is 13.5. The van der Waals surface area contributed by atoms with E-state index in [0.717, 1.165) is 30.3 Å². The van der Waals surface area contributed by atoms with Crippen LogP contribution in [0.2, 0.25) is 0 Å². The van der Waals surface area contributed by atoms with Crippen molar-refractivity contribution in [3.8, 4) is 0 Å². The molecule has 0 bridgehead atoms. The molecule has 2 aliphatic heterocycles. The maximum absolute atomic E-state index is 5.38. The Morgan fingerprint density at radius 1 is 1.25 bits per heavy atom. The monoisotopic (exact) mass is 271 g/mol. The van der Waals surface area contributed by atoms with Crippen LogP contribution in [0.4, 0.5) is 0 Å². The van der Waals surface area contributed by atoms with Crippen LogP contribution in [-0.4, -0.2) is 29.7 Å². The molecule has 106 valence electrons. The van der Waals surface area contributed by atoms with Crippen LogP contribution >= 0.6 is 0 Å². The van der Waals surface area contributed by atoms with Gasteiger partial charge in [0.2, 0.25) is 0 Å². The average molecular weight is 271 g/mol. The summed E-state index contributed by atoms with van der Waals surface area (Å²) in [6.07, 6.45) is 2.64. The number of aromatic nitrogens is 1. The van der Waals surface area contributed by atoms with E-state index in [4.69, 9.17) is 4.52 Å². The van der Waals surface area contributed by atoms with Crippen LogP contribution in [0.5, 0.6) is 0 Å². The summed E-state index contributed by atoms with van der Waals surface area (Å²) in [4.78, 5) is 2.59. The lowest BCUT2D eigenvalue weighted by atomic mass is 9.98. The first-order valence-corrected chi connectivity index (χ1v) is 7.60. The highest BCUT2D eigenvalue weighted by Gasteiger charge is 2.24. The fourth-order valence-electron chi connectivity index (χ4n) is 3.58. The van der Waals surface area contributed by atoms with Gasteiger partial charge in [0.05, 0.1) is 5.69 Å². The van der Waals surface area contributed by atoms with Gasteiger partial charge in [0, 0.05) is 25.0 Å². The Kier molecular flexibility index (Phi) is 3.00. The van der Waals surface area contributed by atoms with Crippen LogP contribution in [0.3, 0.4) is 0 Å². The summed E-state index contributed by atoms with van der Waals surface area (Å²) in [6.45, 7) is 7.76. The second-order valence-corrected chi connectivity index (χ2v) is 6.25. The van der Waals surface area contributed by atoms with Crippen LogP contribution in [0.1, 0.15) is 29.7 Å². The zero-order valence-corrected chi connectivity index (χ0v) is 12.0. The quantitative estimate of drug-likeness (QED) is 0.911. The third kappa shape index (κ3) is 2.13. The normalized spacial score (nSPS) is 20.6. The van der Waals surface area contributed by atoms with Gasteiger partial charge in [0.1, 0.15) is 0 Å². The number of nitrogens with one attached hydrogen (secondary N) is 1. The standard InChI is InChI=1S/C16H21N3O/c1-11-15-6-13-9-19(8-12-2-4-17-5-3-12)10-14(13)7-16(15)20-18-11/h6-7,12,17H,2-5,8-10H2,1H3. The highest BCUT2D eigenvalue weighted by Crippen LogP contribution is 2.30. The number of piperidine rings is 1. The predicted octanol–water partition coefficient (Wildman–Crippen LogP) is 2.45. The molecular formula is C16H21N3O. The van der Waals surface area contributed by atoms with Gasteiger partial charge in [-0.25, -0.2) is 0 Å². The minimum Gasteiger partial charge on any atom is -0.356 e. The first-order chi connectivity index (χ1) is 9.79. The number of fused-ring (bicyclic) bond motifs is 2. The van der Waals surface area contributed by atoms with E-state index in [-0.39, 0.29) is 0 Å². The Labute approximate surface area is 119 Å². The van der Waals surface area contributed by atoms with Gasteiger partial charge in [0.25, 0.3) is 0 Å². The number of rotatable bonds is 2. The molecule has 0 radical (unpaired) electrons. The molecule has 1 aromatic heterocycles. The minimum atomic E-state index is 0.858. The van der Waals surface area contributed by atoms with E-state index >= 15 is 0 Å². The van der Waals surface area contributed by atoms with Gasteiger partial charge < -0.3 is 9.84 Å². The van der Waals surface area contributed by atoms with Crippen molar-refractivity contribution in [2.75, 3.05) is 19.6 Å². The van der Waals surface area contributed by atoms with E-state index < -0.39 is 0 Å². The van der Waals surface area contributed by atoms with E-state index in [1.54, 1.807) is 0 Å². The van der Waals surface area contributed by atoms with Crippen molar-refractivity contribution in [1.29, 1.82) is 0 Å². The molecule has 1 aromatic carbocycles. The molecule has 0 aliphatic carbocycles. The van der Waals surface area contributed by atoms with Crippen LogP contribution < -0.4 is 5.32 Å². The molecule has 4 rings (SSSR count). The van der Waals surface area contributed by atoms with E-state index in [9.17, 15) is 0 Å². The number of aryl methyl sites for hydroxylation is 1. The second-order valence-electron chi connectivity index (χ2n) is 6.25. The van der Waals surface area contributed by atoms with Gasteiger partial charge in [-0.3, -0.25) is 4.90 Å². The molecule has 0 unspecified atom stereocenters.